The van der Waals surface area contributed by atoms with Gasteiger partial charge in [-0.2, -0.15) is 0 Å². The summed E-state index contributed by atoms with van der Waals surface area (Å²) in [6.45, 7) is 2.77. The SMILES string of the molecule is COc1cc2nc(CC3CCNCC3)n(Cc3ccc(F)cc3)c2cc1OC.O=C([O-])C(=O)[O-].O=C([O-])C(=O)[O-]. The number of piperidine rings is 1. The number of aliphatic carboxylic acids is 4. The molecule has 0 aliphatic carbocycles. The molecule has 1 aromatic heterocycles. The summed E-state index contributed by atoms with van der Waals surface area (Å²) in [4.78, 5) is 40.6. The van der Waals surface area contributed by atoms with Crippen molar-refractivity contribution in [1.82, 2.24) is 14.9 Å². The summed E-state index contributed by atoms with van der Waals surface area (Å²) in [6.07, 6.45) is 3.25. The number of halogens is 1. The number of hydrogen-bond acceptors (Lipinski definition) is 12. The van der Waals surface area contributed by atoms with Crippen LogP contribution in [0.5, 0.6) is 11.5 Å². The molecule has 1 N–H and O–H groups in total. The molecule has 0 radical (unpaired) electrons. The second-order valence-electron chi connectivity index (χ2n) is 8.48. The first-order valence-corrected chi connectivity index (χ1v) is 11.9. The van der Waals surface area contributed by atoms with Crippen LogP contribution in [0.15, 0.2) is 36.4 Å². The third-order valence-corrected chi connectivity index (χ3v) is 5.85. The number of nitrogens with one attached hydrogen (secondary N) is 1. The zero-order valence-corrected chi connectivity index (χ0v) is 21.6. The molecule has 14 heteroatoms. The number of rotatable bonds is 6. The number of carboxylic acids is 4. The molecule has 3 aromatic rings. The molecular formula is C26H26FN3O10-4. The lowest BCUT2D eigenvalue weighted by Gasteiger charge is -2.22. The topological polar surface area (TPSA) is 209 Å². The van der Waals surface area contributed by atoms with E-state index in [0.29, 0.717) is 24.0 Å². The van der Waals surface area contributed by atoms with Gasteiger partial charge in [0.2, 0.25) is 0 Å². The van der Waals surface area contributed by atoms with Gasteiger partial charge < -0.3 is 59.0 Å². The van der Waals surface area contributed by atoms with Gasteiger partial charge in [0, 0.05) is 25.1 Å². The molecule has 0 bridgehead atoms. The van der Waals surface area contributed by atoms with Gasteiger partial charge in [0.25, 0.3) is 0 Å². The molecule has 1 aliphatic rings. The molecule has 1 aliphatic heterocycles. The molecule has 0 saturated carbocycles. The lowest BCUT2D eigenvalue weighted by atomic mass is 9.94. The molecule has 0 atom stereocenters. The molecular weight excluding hydrogens is 533 g/mol. The highest BCUT2D eigenvalue weighted by atomic mass is 19.1. The summed E-state index contributed by atoms with van der Waals surface area (Å²) in [7, 11) is 3.27. The van der Waals surface area contributed by atoms with Crippen LogP contribution in [0, 0.1) is 11.7 Å². The number of ether oxygens (including phenoxy) is 2. The highest BCUT2D eigenvalue weighted by Gasteiger charge is 2.20. The van der Waals surface area contributed by atoms with Crippen molar-refractivity contribution in [3.05, 3.63) is 53.6 Å². The van der Waals surface area contributed by atoms with Crippen molar-refractivity contribution in [1.29, 1.82) is 0 Å². The van der Waals surface area contributed by atoms with Crippen LogP contribution in [0.4, 0.5) is 4.39 Å². The van der Waals surface area contributed by atoms with E-state index in [9.17, 15) is 4.39 Å². The molecule has 2 aromatic carbocycles. The molecule has 13 nitrogen and oxygen atoms in total. The summed E-state index contributed by atoms with van der Waals surface area (Å²) in [6, 6.07) is 10.6. The van der Waals surface area contributed by atoms with Gasteiger partial charge in [-0.05, 0) is 49.5 Å². The number of imidazole rings is 1. The number of fused-ring (bicyclic) bond motifs is 1. The van der Waals surface area contributed by atoms with Crippen LogP contribution in [0.2, 0.25) is 0 Å². The van der Waals surface area contributed by atoms with Gasteiger partial charge in [-0.1, -0.05) is 12.1 Å². The summed E-state index contributed by atoms with van der Waals surface area (Å²) in [5, 5.41) is 39.1. The first kappa shape index (κ1) is 31.5. The normalized spacial score (nSPS) is 12.8. The highest BCUT2D eigenvalue weighted by Crippen LogP contribution is 2.33. The van der Waals surface area contributed by atoms with E-state index in [-0.39, 0.29) is 5.82 Å². The monoisotopic (exact) mass is 559 g/mol. The van der Waals surface area contributed by atoms with Crippen molar-refractivity contribution in [2.75, 3.05) is 27.3 Å². The van der Waals surface area contributed by atoms with E-state index in [1.807, 2.05) is 24.3 Å². The fourth-order valence-corrected chi connectivity index (χ4v) is 3.95. The Labute approximate surface area is 227 Å². The Balaban J connectivity index is 0.000000393. The molecule has 1 saturated heterocycles. The van der Waals surface area contributed by atoms with Crippen molar-refractivity contribution >= 4 is 34.9 Å². The van der Waals surface area contributed by atoms with Crippen molar-refractivity contribution in [2.45, 2.75) is 25.8 Å². The molecule has 216 valence electrons. The number of methoxy groups -OCH3 is 2. The lowest BCUT2D eigenvalue weighted by molar-refractivity contribution is -0.345. The van der Waals surface area contributed by atoms with E-state index >= 15 is 0 Å². The first-order chi connectivity index (χ1) is 19.0. The third-order valence-electron chi connectivity index (χ3n) is 5.85. The lowest BCUT2D eigenvalue weighted by Crippen LogP contribution is -2.42. The van der Waals surface area contributed by atoms with E-state index < -0.39 is 23.9 Å². The van der Waals surface area contributed by atoms with Crippen molar-refractivity contribution in [2.24, 2.45) is 5.92 Å². The smallest absolute Gasteiger partial charge is 0.163 e. The standard InChI is InChI=1S/C22H26FN3O2.2C2H2O4/c1-27-20-12-18-19(13-21(20)28-2)26(14-16-3-5-17(23)6-4-16)22(25-18)11-15-7-9-24-10-8-15;2*3-1(4)2(5)6/h3-6,12-13,15,24H,7-11,14H2,1-2H3;2*(H,3,4)(H,5,6)/p-4. The van der Waals surface area contributed by atoms with Gasteiger partial charge in [0.1, 0.15) is 11.6 Å². The largest absolute Gasteiger partial charge is 0.543 e. The maximum absolute atomic E-state index is 13.3. The Morgan fingerprint density at radius 2 is 1.40 bits per heavy atom. The van der Waals surface area contributed by atoms with Crippen LogP contribution in [-0.2, 0) is 32.1 Å². The van der Waals surface area contributed by atoms with Gasteiger partial charge in [-0.25, -0.2) is 9.37 Å². The van der Waals surface area contributed by atoms with E-state index in [2.05, 4.69) is 9.88 Å². The zero-order valence-electron chi connectivity index (χ0n) is 21.6. The Morgan fingerprint density at radius 3 is 1.88 bits per heavy atom. The van der Waals surface area contributed by atoms with Crippen LogP contribution in [0.25, 0.3) is 11.0 Å². The number of hydrogen-bond donors (Lipinski definition) is 1. The Hall–Kier alpha value is -4.72. The third kappa shape index (κ3) is 9.23. The molecule has 0 amide bonds. The Morgan fingerprint density at radius 1 is 0.900 bits per heavy atom. The van der Waals surface area contributed by atoms with Crippen LogP contribution < -0.4 is 35.2 Å². The quantitative estimate of drug-likeness (QED) is 0.295. The average molecular weight is 560 g/mol. The molecule has 4 rings (SSSR count). The molecule has 40 heavy (non-hydrogen) atoms. The van der Waals surface area contributed by atoms with E-state index in [1.165, 1.54) is 12.1 Å². The number of carbonyl (C=O) groups is 4. The van der Waals surface area contributed by atoms with Crippen molar-refractivity contribution < 1.29 is 53.5 Å². The fourth-order valence-electron chi connectivity index (χ4n) is 3.95. The number of nitrogens with zero attached hydrogens (tertiary/aromatic N) is 2. The molecule has 1 fully saturated rings. The van der Waals surface area contributed by atoms with Gasteiger partial charge in [-0.3, -0.25) is 0 Å². The first-order valence-electron chi connectivity index (χ1n) is 11.9. The van der Waals surface area contributed by atoms with E-state index in [0.717, 1.165) is 54.8 Å². The number of benzene rings is 2. The number of aromatic nitrogens is 2. The number of carbonyl (C=O) groups excluding carboxylic acids is 4. The van der Waals surface area contributed by atoms with Crippen LogP contribution >= 0.6 is 0 Å². The summed E-state index contributed by atoms with van der Waals surface area (Å²) < 4.78 is 26.5. The van der Waals surface area contributed by atoms with Gasteiger partial charge in [-0.15, -0.1) is 0 Å². The van der Waals surface area contributed by atoms with Gasteiger partial charge >= 0.3 is 0 Å². The summed E-state index contributed by atoms with van der Waals surface area (Å²) >= 11 is 0. The minimum absolute atomic E-state index is 0.222. The van der Waals surface area contributed by atoms with E-state index in [4.69, 9.17) is 54.1 Å². The zero-order chi connectivity index (χ0) is 29.8. The Bertz CT molecular complexity index is 1290. The predicted molar refractivity (Wildman–Crippen MR) is 128 cm³/mol. The highest BCUT2D eigenvalue weighted by molar-refractivity contribution is 6.25. The minimum Gasteiger partial charge on any atom is -0.543 e. The van der Waals surface area contributed by atoms with Gasteiger partial charge in [0.15, 0.2) is 11.5 Å². The minimum atomic E-state index is -2.19. The van der Waals surface area contributed by atoms with Crippen molar-refractivity contribution in [3.8, 4) is 11.5 Å². The van der Waals surface area contributed by atoms with Crippen LogP contribution in [0.1, 0.15) is 24.2 Å². The van der Waals surface area contributed by atoms with E-state index in [1.54, 1.807) is 14.2 Å². The average Bonchev–Trinajstić information content (AvgIpc) is 3.25. The maximum Gasteiger partial charge on any atom is 0.163 e. The second-order valence-corrected chi connectivity index (χ2v) is 8.48. The van der Waals surface area contributed by atoms with Crippen molar-refractivity contribution in [3.63, 3.8) is 0 Å². The maximum atomic E-state index is 13.3. The summed E-state index contributed by atoms with van der Waals surface area (Å²) in [5.41, 5.74) is 2.94. The van der Waals surface area contributed by atoms with Crippen LogP contribution in [-0.4, -0.2) is 60.7 Å². The molecule has 0 spiro atoms. The Kier molecular flexibility index (Phi) is 11.8. The fraction of sp³-hybridized carbons (Fsp3) is 0.346. The predicted octanol–water partition coefficient (Wildman–Crippen LogP) is -3.24. The molecule has 0 unspecified atom stereocenters. The van der Waals surface area contributed by atoms with Gasteiger partial charge in [0.05, 0.1) is 49.1 Å². The molecule has 2 heterocycles. The van der Waals surface area contributed by atoms with Crippen LogP contribution in [0.3, 0.4) is 0 Å². The second kappa shape index (κ2) is 15.0. The number of carboxylic acid groups (broad SMARTS) is 4. The summed E-state index contributed by atoms with van der Waals surface area (Å²) in [5.74, 6) is -5.93.